The van der Waals surface area contributed by atoms with Gasteiger partial charge in [0.15, 0.2) is 0 Å². The van der Waals surface area contributed by atoms with Crippen molar-refractivity contribution in [3.05, 3.63) is 35.4 Å². The highest BCUT2D eigenvalue weighted by Gasteiger charge is 1.98. The van der Waals surface area contributed by atoms with Gasteiger partial charge < -0.3 is 11.1 Å². The summed E-state index contributed by atoms with van der Waals surface area (Å²) in [6.07, 6.45) is 0. The van der Waals surface area contributed by atoms with E-state index in [1.54, 1.807) is 0 Å². The van der Waals surface area contributed by atoms with E-state index in [2.05, 4.69) is 17.9 Å². The second-order valence-corrected chi connectivity index (χ2v) is 3.79. The molecule has 0 amide bonds. The standard InChI is InChI=1S/C9H12N2S2/c10-5-7-3-1-2-4-8(7)6-11-9(12)13/h1-4H,5-6,10H2,(H2,11,12,13). The predicted molar refractivity (Wildman–Crippen MR) is 62.8 cm³/mol. The summed E-state index contributed by atoms with van der Waals surface area (Å²) in [7, 11) is 0. The van der Waals surface area contributed by atoms with Crippen LogP contribution < -0.4 is 11.1 Å². The molecule has 0 atom stereocenters. The van der Waals surface area contributed by atoms with Crippen molar-refractivity contribution in [2.75, 3.05) is 0 Å². The van der Waals surface area contributed by atoms with Crippen molar-refractivity contribution in [3.63, 3.8) is 0 Å². The molecule has 1 rings (SSSR count). The summed E-state index contributed by atoms with van der Waals surface area (Å²) < 4.78 is 0.506. The van der Waals surface area contributed by atoms with Crippen molar-refractivity contribution in [1.82, 2.24) is 5.32 Å². The maximum absolute atomic E-state index is 5.58. The van der Waals surface area contributed by atoms with Crippen LogP contribution in [0.1, 0.15) is 11.1 Å². The Morgan fingerprint density at radius 1 is 1.38 bits per heavy atom. The minimum atomic E-state index is 0.506. The summed E-state index contributed by atoms with van der Waals surface area (Å²) in [5.74, 6) is 0. The average molecular weight is 212 g/mol. The van der Waals surface area contributed by atoms with Gasteiger partial charge in [0.25, 0.3) is 0 Å². The lowest BCUT2D eigenvalue weighted by Crippen LogP contribution is -2.17. The van der Waals surface area contributed by atoms with Crippen LogP contribution in [0.3, 0.4) is 0 Å². The molecule has 0 bridgehead atoms. The van der Waals surface area contributed by atoms with Crippen LogP contribution in [-0.4, -0.2) is 4.32 Å². The van der Waals surface area contributed by atoms with Crippen molar-refractivity contribution in [3.8, 4) is 0 Å². The van der Waals surface area contributed by atoms with Crippen LogP contribution in [0.4, 0.5) is 0 Å². The maximum Gasteiger partial charge on any atom is 0.130 e. The fraction of sp³-hybridized carbons (Fsp3) is 0.222. The average Bonchev–Trinajstić information content (AvgIpc) is 2.15. The number of hydrogen-bond donors (Lipinski definition) is 3. The van der Waals surface area contributed by atoms with Gasteiger partial charge in [-0.3, -0.25) is 0 Å². The Kier molecular flexibility index (Phi) is 4.21. The van der Waals surface area contributed by atoms with Gasteiger partial charge in [-0.1, -0.05) is 36.5 Å². The zero-order valence-electron chi connectivity index (χ0n) is 7.16. The fourth-order valence-electron chi connectivity index (χ4n) is 1.10. The van der Waals surface area contributed by atoms with Crippen LogP contribution in [-0.2, 0) is 13.1 Å². The van der Waals surface area contributed by atoms with E-state index in [-0.39, 0.29) is 0 Å². The fourth-order valence-corrected chi connectivity index (χ4v) is 1.25. The molecule has 1 aromatic carbocycles. The molecule has 70 valence electrons. The van der Waals surface area contributed by atoms with E-state index in [9.17, 15) is 0 Å². The van der Waals surface area contributed by atoms with Gasteiger partial charge in [0, 0.05) is 13.1 Å². The molecule has 0 aliphatic rings. The van der Waals surface area contributed by atoms with E-state index in [4.69, 9.17) is 18.0 Å². The molecule has 0 aliphatic heterocycles. The first-order chi connectivity index (χ1) is 6.24. The first-order valence-electron chi connectivity index (χ1n) is 3.97. The summed E-state index contributed by atoms with van der Waals surface area (Å²) >= 11 is 8.78. The number of benzene rings is 1. The lowest BCUT2D eigenvalue weighted by atomic mass is 10.1. The Morgan fingerprint density at radius 2 is 2.00 bits per heavy atom. The summed E-state index contributed by atoms with van der Waals surface area (Å²) in [5, 5.41) is 2.98. The van der Waals surface area contributed by atoms with Gasteiger partial charge in [0.2, 0.25) is 0 Å². The minimum absolute atomic E-state index is 0.506. The molecule has 0 unspecified atom stereocenters. The molecule has 1 aromatic rings. The SMILES string of the molecule is NCc1ccccc1CNC(=S)S. The number of nitrogens with one attached hydrogen (secondary N) is 1. The molecule has 2 nitrogen and oxygen atoms in total. The van der Waals surface area contributed by atoms with Gasteiger partial charge in [-0.15, -0.1) is 12.6 Å². The highest BCUT2D eigenvalue weighted by Crippen LogP contribution is 2.07. The lowest BCUT2D eigenvalue weighted by molar-refractivity contribution is 0.904. The third-order valence-corrected chi connectivity index (χ3v) is 2.07. The molecule has 0 saturated heterocycles. The van der Waals surface area contributed by atoms with Gasteiger partial charge in [0.1, 0.15) is 4.32 Å². The van der Waals surface area contributed by atoms with Gasteiger partial charge in [-0.25, -0.2) is 0 Å². The molecule has 0 fully saturated rings. The Bertz CT molecular complexity index is 299. The molecule has 4 heteroatoms. The molecule has 0 spiro atoms. The van der Waals surface area contributed by atoms with Gasteiger partial charge in [0.05, 0.1) is 0 Å². The monoisotopic (exact) mass is 212 g/mol. The normalized spacial score (nSPS) is 9.69. The van der Waals surface area contributed by atoms with E-state index in [0.29, 0.717) is 17.4 Å². The molecule has 0 saturated carbocycles. The summed E-state index contributed by atoms with van der Waals surface area (Å²) in [6, 6.07) is 8.00. The number of hydrogen-bond acceptors (Lipinski definition) is 2. The van der Waals surface area contributed by atoms with Gasteiger partial charge in [-0.2, -0.15) is 0 Å². The first kappa shape index (κ1) is 10.5. The maximum atomic E-state index is 5.58. The predicted octanol–water partition coefficient (Wildman–Crippen LogP) is 1.45. The summed E-state index contributed by atoms with van der Waals surface area (Å²) in [4.78, 5) is 0. The minimum Gasteiger partial charge on any atom is -0.367 e. The van der Waals surface area contributed by atoms with Crippen LogP contribution in [0.2, 0.25) is 0 Å². The molecule has 0 aliphatic carbocycles. The van der Waals surface area contributed by atoms with Gasteiger partial charge >= 0.3 is 0 Å². The molecule has 0 radical (unpaired) electrons. The Hall–Kier alpha value is -0.580. The Balaban J connectivity index is 2.69. The van der Waals surface area contributed by atoms with Crippen LogP contribution in [0.25, 0.3) is 0 Å². The third kappa shape index (κ3) is 3.34. The highest BCUT2D eigenvalue weighted by atomic mass is 32.1. The zero-order valence-corrected chi connectivity index (χ0v) is 8.87. The van der Waals surface area contributed by atoms with Crippen LogP contribution >= 0.6 is 24.8 Å². The molecule has 3 N–H and O–H groups in total. The van der Waals surface area contributed by atoms with E-state index in [1.807, 2.05) is 24.3 Å². The highest BCUT2D eigenvalue weighted by molar-refractivity contribution is 8.11. The van der Waals surface area contributed by atoms with Gasteiger partial charge in [-0.05, 0) is 11.1 Å². The first-order valence-corrected chi connectivity index (χ1v) is 4.83. The molecule has 0 aromatic heterocycles. The number of thiocarbonyl (C=S) groups is 1. The van der Waals surface area contributed by atoms with Crippen molar-refractivity contribution in [1.29, 1.82) is 0 Å². The van der Waals surface area contributed by atoms with E-state index < -0.39 is 0 Å². The van der Waals surface area contributed by atoms with Crippen molar-refractivity contribution < 1.29 is 0 Å². The van der Waals surface area contributed by atoms with Crippen LogP contribution in [0.15, 0.2) is 24.3 Å². The second-order valence-electron chi connectivity index (χ2n) is 2.63. The van der Waals surface area contributed by atoms with Crippen molar-refractivity contribution in [2.45, 2.75) is 13.1 Å². The number of thiol groups is 1. The smallest absolute Gasteiger partial charge is 0.130 e. The number of nitrogens with two attached hydrogens (primary N) is 1. The van der Waals surface area contributed by atoms with E-state index >= 15 is 0 Å². The summed E-state index contributed by atoms with van der Waals surface area (Å²) in [5.41, 5.74) is 7.88. The quantitative estimate of drug-likeness (QED) is 0.524. The Labute approximate surface area is 88.9 Å². The molecule has 0 heterocycles. The van der Waals surface area contributed by atoms with E-state index in [1.165, 1.54) is 5.56 Å². The zero-order chi connectivity index (χ0) is 9.68. The van der Waals surface area contributed by atoms with E-state index in [0.717, 1.165) is 5.56 Å². The second kappa shape index (κ2) is 5.21. The topological polar surface area (TPSA) is 38.0 Å². The van der Waals surface area contributed by atoms with Crippen LogP contribution in [0.5, 0.6) is 0 Å². The third-order valence-electron chi connectivity index (χ3n) is 1.77. The van der Waals surface area contributed by atoms with Crippen molar-refractivity contribution >= 4 is 29.2 Å². The van der Waals surface area contributed by atoms with Crippen molar-refractivity contribution in [2.24, 2.45) is 5.73 Å². The molecular formula is C9H12N2S2. The summed E-state index contributed by atoms with van der Waals surface area (Å²) in [6.45, 7) is 1.24. The molecule has 13 heavy (non-hydrogen) atoms. The largest absolute Gasteiger partial charge is 0.367 e. The number of rotatable bonds is 3. The van der Waals surface area contributed by atoms with Crippen LogP contribution in [0, 0.1) is 0 Å². The molecular weight excluding hydrogens is 200 g/mol. The Morgan fingerprint density at radius 3 is 2.54 bits per heavy atom. The lowest BCUT2D eigenvalue weighted by Gasteiger charge is -2.07.